The lowest BCUT2D eigenvalue weighted by Crippen LogP contribution is -2.28. The number of hydrogen-bond donors (Lipinski definition) is 2. The van der Waals surface area contributed by atoms with E-state index < -0.39 is 0 Å². The second kappa shape index (κ2) is 7.28. The summed E-state index contributed by atoms with van der Waals surface area (Å²) in [6, 6.07) is 10.2. The number of ether oxygens (including phenoxy) is 2. The van der Waals surface area contributed by atoms with Crippen molar-refractivity contribution >= 4 is 11.3 Å². The Labute approximate surface area is 123 Å². The van der Waals surface area contributed by atoms with Gasteiger partial charge >= 0.3 is 0 Å². The van der Waals surface area contributed by atoms with E-state index in [1.165, 1.54) is 4.88 Å². The molecule has 5 heteroatoms. The van der Waals surface area contributed by atoms with Gasteiger partial charge in [-0.15, -0.1) is 11.3 Å². The van der Waals surface area contributed by atoms with Crippen LogP contribution in [0.4, 0.5) is 0 Å². The minimum Gasteiger partial charge on any atom is -0.493 e. The third kappa shape index (κ3) is 3.50. The summed E-state index contributed by atoms with van der Waals surface area (Å²) >= 11 is 1.77. The van der Waals surface area contributed by atoms with Crippen LogP contribution in [0.3, 0.4) is 0 Å². The van der Waals surface area contributed by atoms with Crippen LogP contribution in [0.5, 0.6) is 11.5 Å². The Morgan fingerprint density at radius 3 is 2.60 bits per heavy atom. The maximum Gasteiger partial charge on any atom is 0.161 e. The van der Waals surface area contributed by atoms with E-state index in [1.54, 1.807) is 25.6 Å². The molecule has 2 aromatic rings. The van der Waals surface area contributed by atoms with E-state index in [-0.39, 0.29) is 6.04 Å². The number of hydrogen-bond acceptors (Lipinski definition) is 5. The minimum atomic E-state index is 0.0944. The van der Waals surface area contributed by atoms with Crippen LogP contribution < -0.4 is 20.7 Å². The predicted molar refractivity (Wildman–Crippen MR) is 82.3 cm³/mol. The van der Waals surface area contributed by atoms with E-state index in [0.717, 1.165) is 29.9 Å². The lowest BCUT2D eigenvalue weighted by atomic mass is 10.0. The van der Waals surface area contributed by atoms with Gasteiger partial charge < -0.3 is 9.47 Å². The number of aryl methyl sites for hydroxylation is 1. The highest BCUT2D eigenvalue weighted by atomic mass is 32.1. The second-order valence-electron chi connectivity index (χ2n) is 4.45. The first kappa shape index (κ1) is 14.8. The molecule has 1 heterocycles. The van der Waals surface area contributed by atoms with Gasteiger partial charge in [0.2, 0.25) is 0 Å². The maximum absolute atomic E-state index is 5.69. The highest BCUT2D eigenvalue weighted by Gasteiger charge is 2.13. The number of nitrogens with one attached hydrogen (secondary N) is 1. The van der Waals surface area contributed by atoms with Gasteiger partial charge in [-0.3, -0.25) is 11.3 Å². The molecule has 4 nitrogen and oxygen atoms in total. The monoisotopic (exact) mass is 292 g/mol. The molecule has 0 saturated heterocycles. The average Bonchev–Trinajstić information content (AvgIpc) is 3.01. The summed E-state index contributed by atoms with van der Waals surface area (Å²) in [5.74, 6) is 7.14. The fourth-order valence-electron chi connectivity index (χ4n) is 2.16. The van der Waals surface area contributed by atoms with Gasteiger partial charge in [0.05, 0.1) is 14.2 Å². The predicted octanol–water partition coefficient (Wildman–Crippen LogP) is 2.90. The van der Waals surface area contributed by atoms with Crippen LogP contribution in [0.25, 0.3) is 0 Å². The molecule has 20 heavy (non-hydrogen) atoms. The van der Waals surface area contributed by atoms with Crippen molar-refractivity contribution in [2.24, 2.45) is 5.84 Å². The first-order chi connectivity index (χ1) is 9.78. The van der Waals surface area contributed by atoms with Gasteiger partial charge in [0.1, 0.15) is 0 Å². The summed E-state index contributed by atoms with van der Waals surface area (Å²) in [5, 5.41) is 2.09. The Bertz CT molecular complexity index is 529. The molecule has 0 bridgehead atoms. The average molecular weight is 292 g/mol. The summed E-state index contributed by atoms with van der Waals surface area (Å²) < 4.78 is 10.6. The zero-order valence-corrected chi connectivity index (χ0v) is 12.6. The van der Waals surface area contributed by atoms with Crippen molar-refractivity contribution in [3.63, 3.8) is 0 Å². The first-order valence-corrected chi connectivity index (χ1v) is 7.37. The van der Waals surface area contributed by atoms with Crippen LogP contribution in [0.2, 0.25) is 0 Å². The van der Waals surface area contributed by atoms with Crippen LogP contribution in [0.1, 0.15) is 22.9 Å². The zero-order chi connectivity index (χ0) is 14.4. The summed E-state index contributed by atoms with van der Waals surface area (Å²) in [7, 11) is 3.27. The minimum absolute atomic E-state index is 0.0944. The smallest absolute Gasteiger partial charge is 0.161 e. The molecular weight excluding hydrogens is 272 g/mol. The number of nitrogens with two attached hydrogens (primary N) is 1. The van der Waals surface area contributed by atoms with E-state index in [9.17, 15) is 0 Å². The van der Waals surface area contributed by atoms with Crippen molar-refractivity contribution in [2.75, 3.05) is 14.2 Å². The summed E-state index contributed by atoms with van der Waals surface area (Å²) in [4.78, 5) is 1.37. The van der Waals surface area contributed by atoms with Crippen LogP contribution >= 0.6 is 11.3 Å². The number of hydrazine groups is 1. The fourth-order valence-corrected chi connectivity index (χ4v) is 2.88. The van der Waals surface area contributed by atoms with Crippen molar-refractivity contribution in [2.45, 2.75) is 18.9 Å². The molecule has 2 rings (SSSR count). The normalized spacial score (nSPS) is 12.2. The van der Waals surface area contributed by atoms with E-state index in [2.05, 4.69) is 22.9 Å². The summed E-state index contributed by atoms with van der Waals surface area (Å²) in [6.45, 7) is 0. The van der Waals surface area contributed by atoms with Gasteiger partial charge in [-0.25, -0.2) is 0 Å². The molecule has 1 aromatic carbocycles. The molecule has 0 saturated carbocycles. The largest absolute Gasteiger partial charge is 0.493 e. The SMILES string of the molecule is COc1ccc(C(CCc2cccs2)NN)cc1OC. The van der Waals surface area contributed by atoms with E-state index in [0.29, 0.717) is 0 Å². The van der Waals surface area contributed by atoms with Crippen molar-refractivity contribution < 1.29 is 9.47 Å². The number of thiophene rings is 1. The Balaban J connectivity index is 2.10. The Morgan fingerprint density at radius 2 is 2.00 bits per heavy atom. The van der Waals surface area contributed by atoms with Crippen molar-refractivity contribution in [1.29, 1.82) is 0 Å². The molecule has 0 fully saturated rings. The number of methoxy groups -OCH3 is 2. The van der Waals surface area contributed by atoms with Crippen molar-refractivity contribution in [3.05, 3.63) is 46.2 Å². The quantitative estimate of drug-likeness (QED) is 0.608. The summed E-state index contributed by atoms with van der Waals surface area (Å²) in [6.07, 6.45) is 1.94. The molecule has 1 atom stereocenters. The number of rotatable bonds is 7. The molecule has 0 aliphatic rings. The zero-order valence-electron chi connectivity index (χ0n) is 11.8. The third-order valence-electron chi connectivity index (χ3n) is 3.27. The molecule has 1 unspecified atom stereocenters. The van der Waals surface area contributed by atoms with Crippen LogP contribution in [-0.2, 0) is 6.42 Å². The Hall–Kier alpha value is -1.56. The van der Waals surface area contributed by atoms with Gasteiger partial charge in [0.25, 0.3) is 0 Å². The lowest BCUT2D eigenvalue weighted by molar-refractivity contribution is 0.353. The summed E-state index contributed by atoms with van der Waals surface area (Å²) in [5.41, 5.74) is 3.98. The lowest BCUT2D eigenvalue weighted by Gasteiger charge is -2.18. The third-order valence-corrected chi connectivity index (χ3v) is 4.21. The molecule has 3 N–H and O–H groups in total. The highest BCUT2D eigenvalue weighted by Crippen LogP contribution is 2.31. The highest BCUT2D eigenvalue weighted by molar-refractivity contribution is 7.09. The van der Waals surface area contributed by atoms with Gasteiger partial charge in [-0.2, -0.15) is 0 Å². The molecule has 108 valence electrons. The second-order valence-corrected chi connectivity index (χ2v) is 5.48. The Morgan fingerprint density at radius 1 is 1.20 bits per heavy atom. The van der Waals surface area contributed by atoms with Gasteiger partial charge in [0.15, 0.2) is 11.5 Å². The maximum atomic E-state index is 5.69. The molecule has 0 spiro atoms. The van der Waals surface area contributed by atoms with Crippen LogP contribution in [0.15, 0.2) is 35.7 Å². The molecule has 1 aromatic heterocycles. The van der Waals surface area contributed by atoms with Gasteiger partial charge in [0, 0.05) is 10.9 Å². The first-order valence-electron chi connectivity index (χ1n) is 6.49. The van der Waals surface area contributed by atoms with Gasteiger partial charge in [-0.05, 0) is 42.0 Å². The van der Waals surface area contributed by atoms with Crippen LogP contribution in [0, 0.1) is 0 Å². The molecular formula is C15H20N2O2S. The molecule has 0 aliphatic heterocycles. The molecule has 0 radical (unpaired) electrons. The topological polar surface area (TPSA) is 56.5 Å². The van der Waals surface area contributed by atoms with Crippen molar-refractivity contribution in [3.8, 4) is 11.5 Å². The van der Waals surface area contributed by atoms with E-state index in [4.69, 9.17) is 15.3 Å². The molecule has 0 aliphatic carbocycles. The Kier molecular flexibility index (Phi) is 5.40. The van der Waals surface area contributed by atoms with E-state index in [1.807, 2.05) is 18.2 Å². The van der Waals surface area contributed by atoms with E-state index >= 15 is 0 Å². The number of benzene rings is 1. The standard InChI is InChI=1S/C15H20N2O2S/c1-18-14-8-5-11(10-15(14)19-2)13(17-16)7-6-12-4-3-9-20-12/h3-5,8-10,13,17H,6-7,16H2,1-2H3. The molecule has 0 amide bonds. The van der Waals surface area contributed by atoms with Gasteiger partial charge in [-0.1, -0.05) is 12.1 Å². The van der Waals surface area contributed by atoms with Crippen LogP contribution in [-0.4, -0.2) is 14.2 Å². The fraction of sp³-hybridized carbons (Fsp3) is 0.333. The van der Waals surface area contributed by atoms with Crippen molar-refractivity contribution in [1.82, 2.24) is 5.43 Å².